The largest absolute Gasteiger partial charge is 0.378 e. The molecule has 0 aliphatic heterocycles. The molecule has 5 heteroatoms. The standard InChI is InChI=1S/C15H17ClN2OS/c1-3-15(19)18-12-6-4-11(5-7-12)17-10(2)13-8-9-14(16)20-13/h4-10,17H,3H2,1-2H3,(H,18,19). The van der Waals surface area contributed by atoms with Crippen molar-refractivity contribution in [1.29, 1.82) is 0 Å². The fourth-order valence-electron chi connectivity index (χ4n) is 1.78. The molecule has 0 aliphatic rings. The lowest BCUT2D eigenvalue weighted by Crippen LogP contribution is -2.09. The zero-order valence-corrected chi connectivity index (χ0v) is 13.0. The average Bonchev–Trinajstić information content (AvgIpc) is 2.87. The van der Waals surface area contributed by atoms with E-state index in [9.17, 15) is 4.79 Å². The molecule has 1 atom stereocenters. The topological polar surface area (TPSA) is 41.1 Å². The normalized spacial score (nSPS) is 11.9. The predicted octanol–water partition coefficient (Wildman–Crippen LogP) is 4.92. The van der Waals surface area contributed by atoms with E-state index in [-0.39, 0.29) is 11.9 Å². The monoisotopic (exact) mass is 308 g/mol. The molecule has 1 amide bonds. The van der Waals surface area contributed by atoms with Crippen LogP contribution in [0.2, 0.25) is 4.34 Å². The maximum Gasteiger partial charge on any atom is 0.224 e. The van der Waals surface area contributed by atoms with Crippen LogP contribution in [0.25, 0.3) is 0 Å². The Kier molecular flexibility index (Phi) is 5.04. The first-order chi connectivity index (χ1) is 9.58. The van der Waals surface area contributed by atoms with Gasteiger partial charge >= 0.3 is 0 Å². The molecule has 106 valence electrons. The summed E-state index contributed by atoms with van der Waals surface area (Å²) in [5, 5.41) is 6.23. The lowest BCUT2D eigenvalue weighted by atomic mass is 10.2. The van der Waals surface area contributed by atoms with Crippen LogP contribution in [0.15, 0.2) is 36.4 Å². The zero-order chi connectivity index (χ0) is 14.5. The first kappa shape index (κ1) is 14.9. The van der Waals surface area contributed by atoms with E-state index in [0.29, 0.717) is 6.42 Å². The van der Waals surface area contributed by atoms with Gasteiger partial charge in [-0.25, -0.2) is 0 Å². The molecule has 1 aromatic carbocycles. The van der Waals surface area contributed by atoms with Crippen LogP contribution >= 0.6 is 22.9 Å². The third-order valence-corrected chi connectivity index (χ3v) is 4.31. The van der Waals surface area contributed by atoms with E-state index in [4.69, 9.17) is 11.6 Å². The quantitative estimate of drug-likeness (QED) is 0.823. The molecular formula is C15H17ClN2OS. The second kappa shape index (κ2) is 6.77. The molecule has 1 unspecified atom stereocenters. The van der Waals surface area contributed by atoms with Gasteiger partial charge in [0.15, 0.2) is 0 Å². The lowest BCUT2D eigenvalue weighted by Gasteiger charge is -2.14. The van der Waals surface area contributed by atoms with Crippen molar-refractivity contribution in [3.8, 4) is 0 Å². The van der Waals surface area contributed by atoms with Gasteiger partial charge in [0.2, 0.25) is 5.91 Å². The third kappa shape index (κ3) is 3.99. The third-order valence-electron chi connectivity index (χ3n) is 2.89. The van der Waals surface area contributed by atoms with Crippen LogP contribution in [0.4, 0.5) is 11.4 Å². The van der Waals surface area contributed by atoms with Gasteiger partial charge in [-0.1, -0.05) is 18.5 Å². The van der Waals surface area contributed by atoms with E-state index in [2.05, 4.69) is 17.6 Å². The molecule has 3 nitrogen and oxygen atoms in total. The Bertz CT molecular complexity index is 580. The number of nitrogens with one attached hydrogen (secondary N) is 2. The second-order valence-corrected chi connectivity index (χ2v) is 6.23. The summed E-state index contributed by atoms with van der Waals surface area (Å²) in [5.41, 5.74) is 1.82. The van der Waals surface area contributed by atoms with E-state index < -0.39 is 0 Å². The van der Waals surface area contributed by atoms with Gasteiger partial charge in [-0.3, -0.25) is 4.79 Å². The number of thiophene rings is 1. The van der Waals surface area contributed by atoms with Crippen LogP contribution in [0.3, 0.4) is 0 Å². The SMILES string of the molecule is CCC(=O)Nc1ccc(NC(C)c2ccc(Cl)s2)cc1. The summed E-state index contributed by atoms with van der Waals surface area (Å²) in [6.07, 6.45) is 0.482. The van der Waals surface area contributed by atoms with Gasteiger partial charge in [0, 0.05) is 22.7 Å². The van der Waals surface area contributed by atoms with Crippen LogP contribution < -0.4 is 10.6 Å². The minimum Gasteiger partial charge on any atom is -0.378 e. The van der Waals surface area contributed by atoms with Gasteiger partial charge in [-0.05, 0) is 43.3 Å². The fourth-order valence-corrected chi connectivity index (χ4v) is 2.84. The molecule has 0 saturated heterocycles. The summed E-state index contributed by atoms with van der Waals surface area (Å²) in [5.74, 6) is 0.0207. The number of anilines is 2. The van der Waals surface area contributed by atoms with Crippen molar-refractivity contribution in [3.05, 3.63) is 45.6 Å². The lowest BCUT2D eigenvalue weighted by molar-refractivity contribution is -0.115. The van der Waals surface area contributed by atoms with Crippen LogP contribution in [0.1, 0.15) is 31.2 Å². The molecular weight excluding hydrogens is 292 g/mol. The Balaban J connectivity index is 1.98. The number of hydrogen-bond donors (Lipinski definition) is 2. The van der Waals surface area contributed by atoms with Crippen LogP contribution in [-0.4, -0.2) is 5.91 Å². The molecule has 2 rings (SSSR count). The van der Waals surface area contributed by atoms with E-state index in [1.165, 1.54) is 4.88 Å². The molecule has 2 aromatic rings. The van der Waals surface area contributed by atoms with E-state index in [1.807, 2.05) is 43.3 Å². The minimum absolute atomic E-state index is 0.0207. The van der Waals surface area contributed by atoms with Crippen molar-refractivity contribution in [3.63, 3.8) is 0 Å². The summed E-state index contributed by atoms with van der Waals surface area (Å²) < 4.78 is 0.797. The number of carbonyl (C=O) groups excluding carboxylic acids is 1. The molecule has 0 radical (unpaired) electrons. The average molecular weight is 309 g/mol. The van der Waals surface area contributed by atoms with Crippen molar-refractivity contribution in [1.82, 2.24) is 0 Å². The Morgan fingerprint density at radius 1 is 1.20 bits per heavy atom. The van der Waals surface area contributed by atoms with Crippen molar-refractivity contribution in [2.24, 2.45) is 0 Å². The molecule has 2 N–H and O–H groups in total. The smallest absolute Gasteiger partial charge is 0.224 e. The predicted molar refractivity (Wildman–Crippen MR) is 86.7 cm³/mol. The summed E-state index contributed by atoms with van der Waals surface area (Å²) >= 11 is 7.52. The first-order valence-corrected chi connectivity index (χ1v) is 7.69. The molecule has 0 fully saturated rings. The summed E-state index contributed by atoms with van der Waals surface area (Å²) in [6.45, 7) is 3.92. The molecule has 0 spiro atoms. The molecule has 20 heavy (non-hydrogen) atoms. The molecule has 1 aromatic heterocycles. The number of halogens is 1. The molecule has 0 aliphatic carbocycles. The van der Waals surface area contributed by atoms with E-state index >= 15 is 0 Å². The summed E-state index contributed by atoms with van der Waals surface area (Å²) in [7, 11) is 0. The number of carbonyl (C=O) groups is 1. The summed E-state index contributed by atoms with van der Waals surface area (Å²) in [6, 6.07) is 11.8. The fraction of sp³-hybridized carbons (Fsp3) is 0.267. The highest BCUT2D eigenvalue weighted by Crippen LogP contribution is 2.29. The van der Waals surface area contributed by atoms with Gasteiger partial charge in [0.25, 0.3) is 0 Å². The minimum atomic E-state index is 0.0207. The highest BCUT2D eigenvalue weighted by Gasteiger charge is 2.08. The molecule has 0 saturated carbocycles. The maximum atomic E-state index is 11.3. The van der Waals surface area contributed by atoms with Crippen molar-refractivity contribution < 1.29 is 4.79 Å². The Morgan fingerprint density at radius 3 is 2.40 bits per heavy atom. The number of hydrogen-bond acceptors (Lipinski definition) is 3. The molecule has 0 bridgehead atoms. The second-order valence-electron chi connectivity index (χ2n) is 4.49. The van der Waals surface area contributed by atoms with Crippen molar-refractivity contribution in [2.75, 3.05) is 10.6 Å². The van der Waals surface area contributed by atoms with Crippen molar-refractivity contribution >= 4 is 40.2 Å². The zero-order valence-electron chi connectivity index (χ0n) is 11.4. The van der Waals surface area contributed by atoms with Gasteiger partial charge in [0.1, 0.15) is 0 Å². The Morgan fingerprint density at radius 2 is 1.85 bits per heavy atom. The first-order valence-electron chi connectivity index (χ1n) is 6.50. The Hall–Kier alpha value is -1.52. The van der Waals surface area contributed by atoms with Gasteiger partial charge in [0.05, 0.1) is 10.4 Å². The van der Waals surface area contributed by atoms with Crippen LogP contribution in [-0.2, 0) is 4.79 Å². The van der Waals surface area contributed by atoms with Crippen molar-refractivity contribution in [2.45, 2.75) is 26.3 Å². The number of amides is 1. The van der Waals surface area contributed by atoms with Crippen LogP contribution in [0, 0.1) is 0 Å². The Labute approximate surface area is 128 Å². The highest BCUT2D eigenvalue weighted by atomic mass is 35.5. The van der Waals surface area contributed by atoms with Gasteiger partial charge in [-0.2, -0.15) is 0 Å². The number of rotatable bonds is 5. The van der Waals surface area contributed by atoms with Crippen LogP contribution in [0.5, 0.6) is 0 Å². The summed E-state index contributed by atoms with van der Waals surface area (Å²) in [4.78, 5) is 12.5. The van der Waals surface area contributed by atoms with E-state index in [1.54, 1.807) is 11.3 Å². The maximum absolute atomic E-state index is 11.3. The van der Waals surface area contributed by atoms with Gasteiger partial charge < -0.3 is 10.6 Å². The number of benzene rings is 1. The molecule has 1 heterocycles. The highest BCUT2D eigenvalue weighted by molar-refractivity contribution is 7.16. The van der Waals surface area contributed by atoms with Gasteiger partial charge in [-0.15, -0.1) is 11.3 Å². The van der Waals surface area contributed by atoms with E-state index in [0.717, 1.165) is 15.7 Å².